The van der Waals surface area contributed by atoms with Gasteiger partial charge in [0.1, 0.15) is 17.4 Å². The zero-order chi connectivity index (χ0) is 15.0. The van der Waals surface area contributed by atoms with E-state index >= 15 is 0 Å². The Morgan fingerprint density at radius 2 is 1.67 bits per heavy atom. The Hall–Kier alpha value is -2.06. The molecule has 2 aromatic carbocycles. The Bertz CT molecular complexity index is 783. The largest absolute Gasteiger partial charge is 0.458 e. The summed E-state index contributed by atoms with van der Waals surface area (Å²) in [4.78, 5) is 0. The first kappa shape index (κ1) is 13.9. The van der Waals surface area contributed by atoms with Crippen LogP contribution in [0.2, 0.25) is 0 Å². The van der Waals surface area contributed by atoms with Gasteiger partial charge >= 0.3 is 0 Å². The van der Waals surface area contributed by atoms with Crippen molar-refractivity contribution in [2.75, 3.05) is 0 Å². The lowest BCUT2D eigenvalue weighted by molar-refractivity contribution is 0.152. The number of hydrogen-bond acceptors (Lipinski definition) is 2. The fourth-order valence-corrected chi connectivity index (χ4v) is 2.68. The molecule has 0 radical (unpaired) electrons. The summed E-state index contributed by atoms with van der Waals surface area (Å²) in [6.45, 7) is 6.20. The van der Waals surface area contributed by atoms with Crippen molar-refractivity contribution in [1.29, 1.82) is 0 Å². The third-order valence-corrected chi connectivity index (χ3v) is 3.94. The van der Waals surface area contributed by atoms with Gasteiger partial charge in [0.05, 0.1) is 0 Å². The van der Waals surface area contributed by atoms with Crippen LogP contribution in [0.3, 0.4) is 0 Å². The summed E-state index contributed by atoms with van der Waals surface area (Å²) in [5.74, 6) is 0.636. The quantitative estimate of drug-likeness (QED) is 0.758. The van der Waals surface area contributed by atoms with Crippen molar-refractivity contribution in [2.45, 2.75) is 33.3 Å². The van der Waals surface area contributed by atoms with Crippen LogP contribution in [0.25, 0.3) is 11.0 Å². The smallest absolute Gasteiger partial charge is 0.134 e. The van der Waals surface area contributed by atoms with Gasteiger partial charge in [-0.2, -0.15) is 0 Å². The van der Waals surface area contributed by atoms with Crippen LogP contribution < -0.4 is 0 Å². The summed E-state index contributed by atoms with van der Waals surface area (Å²) in [6, 6.07) is 14.3. The molecule has 2 heteroatoms. The van der Waals surface area contributed by atoms with Gasteiger partial charge < -0.3 is 9.52 Å². The summed E-state index contributed by atoms with van der Waals surface area (Å²) in [5, 5.41) is 11.5. The lowest BCUT2D eigenvalue weighted by Crippen LogP contribution is -2.02. The van der Waals surface area contributed by atoms with Gasteiger partial charge in [0.15, 0.2) is 0 Å². The minimum Gasteiger partial charge on any atom is -0.458 e. The Labute approximate surface area is 125 Å². The molecule has 0 saturated carbocycles. The third kappa shape index (κ3) is 2.86. The fraction of sp³-hybridized carbons (Fsp3) is 0.263. The van der Waals surface area contributed by atoms with Crippen LogP contribution in [0.4, 0.5) is 0 Å². The van der Waals surface area contributed by atoms with E-state index < -0.39 is 6.10 Å². The van der Waals surface area contributed by atoms with Crippen LogP contribution in [-0.2, 0) is 6.42 Å². The molecule has 0 spiro atoms. The Morgan fingerprint density at radius 1 is 0.952 bits per heavy atom. The van der Waals surface area contributed by atoms with Crippen molar-refractivity contribution in [2.24, 2.45) is 0 Å². The molecule has 1 N–H and O–H groups in total. The molecule has 0 aliphatic carbocycles. The SMILES string of the molecule is Cc1ccc(C)c(CC(O)c2cc3cc(C)ccc3o2)c1. The first-order valence-corrected chi connectivity index (χ1v) is 7.27. The molecule has 3 rings (SSSR count). The van der Waals surface area contributed by atoms with Crippen molar-refractivity contribution in [3.63, 3.8) is 0 Å². The normalized spacial score (nSPS) is 12.8. The minimum absolute atomic E-state index is 0.576. The van der Waals surface area contributed by atoms with E-state index in [0.717, 1.165) is 11.0 Å². The second kappa shape index (κ2) is 5.38. The number of aryl methyl sites for hydroxylation is 3. The number of hydrogen-bond donors (Lipinski definition) is 1. The average Bonchev–Trinajstić information content (AvgIpc) is 2.86. The van der Waals surface area contributed by atoms with Gasteiger partial charge in [-0.1, -0.05) is 35.4 Å². The zero-order valence-electron chi connectivity index (χ0n) is 12.7. The molecule has 0 amide bonds. The topological polar surface area (TPSA) is 33.4 Å². The number of fused-ring (bicyclic) bond motifs is 1. The molecule has 1 aromatic heterocycles. The average molecular weight is 280 g/mol. The van der Waals surface area contributed by atoms with Crippen LogP contribution in [0, 0.1) is 20.8 Å². The van der Waals surface area contributed by atoms with E-state index in [1.54, 1.807) is 0 Å². The lowest BCUT2D eigenvalue weighted by Gasteiger charge is -2.11. The van der Waals surface area contributed by atoms with Crippen molar-refractivity contribution >= 4 is 11.0 Å². The number of aliphatic hydroxyl groups is 1. The first-order chi connectivity index (χ1) is 10.0. The number of benzene rings is 2. The second-order valence-electron chi connectivity index (χ2n) is 5.84. The van der Waals surface area contributed by atoms with Gasteiger partial charge in [0.25, 0.3) is 0 Å². The standard InChI is InChI=1S/C19H20O2/c1-12-4-6-14(3)15(8-12)10-17(20)19-11-16-9-13(2)5-7-18(16)21-19/h4-9,11,17,20H,10H2,1-3H3. The van der Waals surface area contributed by atoms with E-state index in [4.69, 9.17) is 4.42 Å². The van der Waals surface area contributed by atoms with Gasteiger partial charge in [-0.15, -0.1) is 0 Å². The maximum Gasteiger partial charge on any atom is 0.134 e. The maximum atomic E-state index is 10.5. The van der Waals surface area contributed by atoms with Gasteiger partial charge in [-0.05, 0) is 50.1 Å². The summed E-state index contributed by atoms with van der Waals surface area (Å²) < 4.78 is 5.78. The Balaban J connectivity index is 1.89. The van der Waals surface area contributed by atoms with Crippen LogP contribution in [-0.4, -0.2) is 5.11 Å². The highest BCUT2D eigenvalue weighted by Gasteiger charge is 2.15. The van der Waals surface area contributed by atoms with Gasteiger partial charge in [-0.3, -0.25) is 0 Å². The van der Waals surface area contributed by atoms with Crippen LogP contribution in [0.5, 0.6) is 0 Å². The van der Waals surface area contributed by atoms with E-state index in [9.17, 15) is 5.11 Å². The third-order valence-electron chi connectivity index (χ3n) is 3.94. The molecule has 0 bridgehead atoms. The van der Waals surface area contributed by atoms with E-state index in [1.807, 2.05) is 18.2 Å². The molecule has 1 atom stereocenters. The molecule has 21 heavy (non-hydrogen) atoms. The molecule has 0 saturated heterocycles. The lowest BCUT2D eigenvalue weighted by atomic mass is 9.99. The van der Waals surface area contributed by atoms with Crippen LogP contribution in [0.15, 0.2) is 46.9 Å². The predicted molar refractivity (Wildman–Crippen MR) is 85.5 cm³/mol. The predicted octanol–water partition coefficient (Wildman–Crippen LogP) is 4.63. The molecule has 0 aliphatic heterocycles. The Kier molecular flexibility index (Phi) is 3.56. The fourth-order valence-electron chi connectivity index (χ4n) is 2.68. The molecule has 108 valence electrons. The molecular weight excluding hydrogens is 260 g/mol. The maximum absolute atomic E-state index is 10.5. The highest BCUT2D eigenvalue weighted by Crippen LogP contribution is 2.27. The highest BCUT2D eigenvalue weighted by molar-refractivity contribution is 5.78. The van der Waals surface area contributed by atoms with Gasteiger partial charge in [0, 0.05) is 11.8 Å². The molecule has 0 fully saturated rings. The van der Waals surface area contributed by atoms with E-state index in [-0.39, 0.29) is 0 Å². The van der Waals surface area contributed by atoms with Crippen molar-refractivity contribution in [3.8, 4) is 0 Å². The minimum atomic E-state index is -0.613. The summed E-state index contributed by atoms with van der Waals surface area (Å²) >= 11 is 0. The molecule has 1 unspecified atom stereocenters. The molecular formula is C19H20O2. The van der Waals surface area contributed by atoms with Crippen molar-refractivity contribution in [1.82, 2.24) is 0 Å². The van der Waals surface area contributed by atoms with Gasteiger partial charge in [-0.25, -0.2) is 0 Å². The van der Waals surface area contributed by atoms with Gasteiger partial charge in [0.2, 0.25) is 0 Å². The van der Waals surface area contributed by atoms with E-state index in [2.05, 4.69) is 45.0 Å². The summed E-state index contributed by atoms with van der Waals surface area (Å²) in [6.07, 6.45) is -0.0371. The summed E-state index contributed by atoms with van der Waals surface area (Å²) in [7, 11) is 0. The van der Waals surface area contributed by atoms with Crippen LogP contribution >= 0.6 is 0 Å². The number of rotatable bonds is 3. The second-order valence-corrected chi connectivity index (χ2v) is 5.84. The zero-order valence-corrected chi connectivity index (χ0v) is 12.7. The Morgan fingerprint density at radius 3 is 2.48 bits per heavy atom. The molecule has 3 aromatic rings. The van der Waals surface area contributed by atoms with E-state index in [1.165, 1.54) is 22.3 Å². The molecule has 1 heterocycles. The van der Waals surface area contributed by atoms with Crippen LogP contribution in [0.1, 0.15) is 34.1 Å². The molecule has 0 aliphatic rings. The van der Waals surface area contributed by atoms with Crippen molar-refractivity contribution < 1.29 is 9.52 Å². The highest BCUT2D eigenvalue weighted by atomic mass is 16.4. The number of aliphatic hydroxyl groups excluding tert-OH is 1. The monoisotopic (exact) mass is 280 g/mol. The number of furan rings is 1. The van der Waals surface area contributed by atoms with Crippen molar-refractivity contribution in [3.05, 3.63) is 70.5 Å². The molecule has 2 nitrogen and oxygen atoms in total. The van der Waals surface area contributed by atoms with E-state index in [0.29, 0.717) is 12.2 Å². The summed E-state index contributed by atoms with van der Waals surface area (Å²) in [5.41, 5.74) is 5.60. The first-order valence-electron chi connectivity index (χ1n) is 7.27.